The van der Waals surface area contributed by atoms with Crippen molar-refractivity contribution in [3.8, 4) is 17.2 Å². The van der Waals surface area contributed by atoms with E-state index in [-0.39, 0.29) is 23.2 Å². The summed E-state index contributed by atoms with van der Waals surface area (Å²) in [5.41, 5.74) is 7.38. The first-order valence-electron chi connectivity index (χ1n) is 8.12. The van der Waals surface area contributed by atoms with Crippen molar-refractivity contribution in [2.75, 3.05) is 0 Å². The van der Waals surface area contributed by atoms with Gasteiger partial charge in [-0.2, -0.15) is 0 Å². The smallest absolute Gasteiger partial charge is 0.328 e. The van der Waals surface area contributed by atoms with Crippen molar-refractivity contribution < 1.29 is 19.7 Å². The lowest BCUT2D eigenvalue weighted by molar-refractivity contribution is -0.136. The summed E-state index contributed by atoms with van der Waals surface area (Å²) in [6.45, 7) is 3.96. The number of rotatable bonds is 6. The number of hydrogen-bond acceptors (Lipinski definition) is 5. The maximum absolute atomic E-state index is 12.0. The maximum atomic E-state index is 12.0. The number of esters is 1. The molecule has 0 bridgehead atoms. The van der Waals surface area contributed by atoms with Crippen molar-refractivity contribution in [2.24, 2.45) is 11.7 Å². The molecule has 0 fully saturated rings. The molecule has 0 aliphatic rings. The molecule has 4 N–H and O–H groups in total. The van der Waals surface area contributed by atoms with Crippen molar-refractivity contribution in [2.45, 2.75) is 26.3 Å². The lowest BCUT2D eigenvalue weighted by Gasteiger charge is -2.13. The van der Waals surface area contributed by atoms with Crippen molar-refractivity contribution >= 4 is 18.1 Å². The highest BCUT2D eigenvalue weighted by atomic mass is 16.5. The van der Waals surface area contributed by atoms with Crippen LogP contribution >= 0.6 is 0 Å². The largest absolute Gasteiger partial charge is 0.508 e. The first kappa shape index (κ1) is 18.5. The van der Waals surface area contributed by atoms with E-state index in [0.29, 0.717) is 12.0 Å². The SMILES string of the molecule is CC(C)CC(N)C(=O)Oc1cc(O)cc(/C=C/c2ccc(O)cc2)c1. The molecule has 5 heteroatoms. The summed E-state index contributed by atoms with van der Waals surface area (Å²) >= 11 is 0. The van der Waals surface area contributed by atoms with Crippen LogP contribution in [0.3, 0.4) is 0 Å². The first-order valence-corrected chi connectivity index (χ1v) is 8.12. The van der Waals surface area contributed by atoms with E-state index >= 15 is 0 Å². The lowest BCUT2D eigenvalue weighted by atomic mass is 10.0. The molecule has 2 rings (SSSR count). The Balaban J connectivity index is 2.11. The molecule has 0 spiro atoms. The topological polar surface area (TPSA) is 92.8 Å². The third-order valence-electron chi connectivity index (χ3n) is 3.52. The van der Waals surface area contributed by atoms with Crippen LogP contribution in [0.5, 0.6) is 17.2 Å². The molecule has 0 saturated carbocycles. The molecule has 0 aromatic heterocycles. The summed E-state index contributed by atoms with van der Waals surface area (Å²) in [7, 11) is 0. The Morgan fingerprint density at radius 2 is 1.68 bits per heavy atom. The Hall–Kier alpha value is -2.79. The Morgan fingerprint density at radius 3 is 2.32 bits per heavy atom. The van der Waals surface area contributed by atoms with Gasteiger partial charge in [0.05, 0.1) is 0 Å². The molecule has 25 heavy (non-hydrogen) atoms. The van der Waals surface area contributed by atoms with Crippen molar-refractivity contribution in [1.82, 2.24) is 0 Å². The second-order valence-corrected chi connectivity index (χ2v) is 6.34. The quantitative estimate of drug-likeness (QED) is 0.424. The van der Waals surface area contributed by atoms with Crippen molar-refractivity contribution in [3.05, 3.63) is 53.6 Å². The van der Waals surface area contributed by atoms with Crippen LogP contribution in [0.1, 0.15) is 31.4 Å². The summed E-state index contributed by atoms with van der Waals surface area (Å²) in [6, 6.07) is 10.6. The van der Waals surface area contributed by atoms with E-state index in [1.54, 1.807) is 42.5 Å². The van der Waals surface area contributed by atoms with Gasteiger partial charge >= 0.3 is 5.97 Å². The minimum absolute atomic E-state index is 0.00640. The molecule has 0 heterocycles. The number of carbonyl (C=O) groups is 1. The van der Waals surface area contributed by atoms with E-state index in [1.165, 1.54) is 6.07 Å². The summed E-state index contributed by atoms with van der Waals surface area (Å²) < 4.78 is 5.28. The highest BCUT2D eigenvalue weighted by Crippen LogP contribution is 2.24. The fourth-order valence-electron chi connectivity index (χ4n) is 2.33. The van der Waals surface area contributed by atoms with Gasteiger partial charge in [-0.3, -0.25) is 0 Å². The van der Waals surface area contributed by atoms with Crippen LogP contribution in [-0.4, -0.2) is 22.2 Å². The van der Waals surface area contributed by atoms with E-state index < -0.39 is 12.0 Å². The summed E-state index contributed by atoms with van der Waals surface area (Å²) in [6.07, 6.45) is 4.13. The summed E-state index contributed by atoms with van der Waals surface area (Å²) in [5.74, 6) is 0.201. The van der Waals surface area contributed by atoms with E-state index in [9.17, 15) is 15.0 Å². The molecule has 0 saturated heterocycles. The Kier molecular flexibility index (Phi) is 6.19. The van der Waals surface area contributed by atoms with E-state index in [2.05, 4.69) is 0 Å². The highest BCUT2D eigenvalue weighted by molar-refractivity contribution is 5.78. The fraction of sp³-hybridized carbons (Fsp3) is 0.250. The van der Waals surface area contributed by atoms with Gasteiger partial charge in [0.1, 0.15) is 23.3 Å². The van der Waals surface area contributed by atoms with E-state index in [0.717, 1.165) is 5.56 Å². The second-order valence-electron chi connectivity index (χ2n) is 6.34. The molecule has 1 atom stereocenters. The van der Waals surface area contributed by atoms with Gasteiger partial charge in [0.2, 0.25) is 0 Å². The molecule has 1 unspecified atom stereocenters. The average Bonchev–Trinajstić information content (AvgIpc) is 2.53. The molecule has 2 aromatic rings. The normalized spacial score (nSPS) is 12.5. The number of nitrogens with two attached hydrogens (primary N) is 1. The van der Waals surface area contributed by atoms with Crippen LogP contribution in [0, 0.1) is 5.92 Å². The van der Waals surface area contributed by atoms with Gasteiger partial charge in [-0.05, 0) is 47.7 Å². The van der Waals surface area contributed by atoms with Gasteiger partial charge in [-0.1, -0.05) is 38.1 Å². The minimum Gasteiger partial charge on any atom is -0.508 e. The third kappa shape index (κ3) is 5.97. The van der Waals surface area contributed by atoms with Gasteiger partial charge in [-0.15, -0.1) is 0 Å². The predicted octanol–water partition coefficient (Wildman–Crippen LogP) is 3.55. The minimum atomic E-state index is -0.696. The zero-order chi connectivity index (χ0) is 18.4. The number of phenolic OH excluding ortho intramolecular Hbond substituents is 2. The molecule has 0 aliphatic heterocycles. The van der Waals surface area contributed by atoms with Crippen molar-refractivity contribution in [1.29, 1.82) is 0 Å². The molecular weight excluding hydrogens is 318 g/mol. The van der Waals surface area contributed by atoms with Crippen LogP contribution in [0.15, 0.2) is 42.5 Å². The summed E-state index contributed by atoms with van der Waals surface area (Å²) in [4.78, 5) is 12.0. The average molecular weight is 341 g/mol. The standard InChI is InChI=1S/C20H23NO4/c1-13(2)9-19(21)20(24)25-18-11-15(10-17(23)12-18)4-3-14-5-7-16(22)8-6-14/h3-8,10-13,19,22-23H,9,21H2,1-2H3/b4-3+. The highest BCUT2D eigenvalue weighted by Gasteiger charge is 2.17. The van der Waals surface area contributed by atoms with E-state index in [4.69, 9.17) is 10.5 Å². The number of ether oxygens (including phenoxy) is 1. The second kappa shape index (κ2) is 8.35. The molecule has 0 amide bonds. The van der Waals surface area contributed by atoms with Gasteiger partial charge in [0.15, 0.2) is 0 Å². The van der Waals surface area contributed by atoms with Crippen molar-refractivity contribution in [3.63, 3.8) is 0 Å². The molecule has 0 aliphatic carbocycles. The number of aromatic hydroxyl groups is 2. The zero-order valence-corrected chi connectivity index (χ0v) is 14.3. The fourth-order valence-corrected chi connectivity index (χ4v) is 2.33. The Bertz CT molecular complexity index is 751. The number of phenols is 2. The number of hydrogen-bond donors (Lipinski definition) is 3. The van der Waals surface area contributed by atoms with Gasteiger partial charge in [0, 0.05) is 6.07 Å². The lowest BCUT2D eigenvalue weighted by Crippen LogP contribution is -2.35. The van der Waals surface area contributed by atoms with Gasteiger partial charge in [-0.25, -0.2) is 4.79 Å². The van der Waals surface area contributed by atoms with Gasteiger partial charge in [0.25, 0.3) is 0 Å². The first-order chi connectivity index (χ1) is 11.8. The van der Waals surface area contributed by atoms with Crippen LogP contribution in [-0.2, 0) is 4.79 Å². The van der Waals surface area contributed by atoms with Crippen LogP contribution in [0.4, 0.5) is 0 Å². The zero-order valence-electron chi connectivity index (χ0n) is 14.3. The molecule has 0 radical (unpaired) electrons. The molecule has 2 aromatic carbocycles. The predicted molar refractivity (Wildman–Crippen MR) is 98.2 cm³/mol. The summed E-state index contributed by atoms with van der Waals surface area (Å²) in [5, 5.41) is 19.1. The maximum Gasteiger partial charge on any atom is 0.328 e. The molecule has 132 valence electrons. The van der Waals surface area contributed by atoms with Crippen LogP contribution in [0.2, 0.25) is 0 Å². The van der Waals surface area contributed by atoms with Crippen LogP contribution < -0.4 is 10.5 Å². The number of carbonyl (C=O) groups excluding carboxylic acids is 1. The van der Waals surface area contributed by atoms with Crippen LogP contribution in [0.25, 0.3) is 12.2 Å². The Labute approximate surface area is 147 Å². The van der Waals surface area contributed by atoms with Gasteiger partial charge < -0.3 is 20.7 Å². The Morgan fingerprint density at radius 1 is 1.04 bits per heavy atom. The number of benzene rings is 2. The third-order valence-corrected chi connectivity index (χ3v) is 3.52. The molecular formula is C20H23NO4. The van der Waals surface area contributed by atoms with E-state index in [1.807, 2.05) is 19.9 Å². The molecule has 5 nitrogen and oxygen atoms in total. The monoisotopic (exact) mass is 341 g/mol.